The van der Waals surface area contributed by atoms with Gasteiger partial charge in [0.15, 0.2) is 5.96 Å². The van der Waals surface area contributed by atoms with Crippen molar-refractivity contribution in [2.24, 2.45) is 16.3 Å². The molecule has 0 saturated heterocycles. The first kappa shape index (κ1) is 19.0. The van der Waals surface area contributed by atoms with Crippen LogP contribution in [0, 0.1) is 18.3 Å². The minimum Gasteiger partial charge on any atom is -0.493 e. The van der Waals surface area contributed by atoms with Gasteiger partial charge in [0.2, 0.25) is 0 Å². The molecule has 5 heteroatoms. The average molecular weight is 360 g/mol. The Bertz CT molecular complexity index is 622. The summed E-state index contributed by atoms with van der Waals surface area (Å²) in [6.45, 7) is 5.45. The van der Waals surface area contributed by atoms with E-state index in [4.69, 9.17) is 9.47 Å². The highest BCUT2D eigenvalue weighted by atomic mass is 16.5. The molecule has 0 radical (unpaired) electrons. The van der Waals surface area contributed by atoms with Crippen LogP contribution in [0.1, 0.15) is 43.2 Å². The van der Waals surface area contributed by atoms with Crippen LogP contribution in [0.2, 0.25) is 0 Å². The summed E-state index contributed by atoms with van der Waals surface area (Å²) < 4.78 is 11.3. The lowest BCUT2D eigenvalue weighted by Gasteiger charge is -2.19. The van der Waals surface area contributed by atoms with Crippen molar-refractivity contribution < 1.29 is 9.47 Å². The number of aryl methyl sites for hydroxylation is 1. The van der Waals surface area contributed by atoms with E-state index < -0.39 is 0 Å². The molecule has 5 nitrogen and oxygen atoms in total. The van der Waals surface area contributed by atoms with Gasteiger partial charge in [0.25, 0.3) is 0 Å². The molecule has 26 heavy (non-hydrogen) atoms. The van der Waals surface area contributed by atoms with Crippen LogP contribution in [-0.2, 0) is 11.3 Å². The van der Waals surface area contributed by atoms with Crippen molar-refractivity contribution in [2.45, 2.75) is 45.6 Å². The Hall–Kier alpha value is -1.75. The summed E-state index contributed by atoms with van der Waals surface area (Å²) >= 11 is 0. The highest BCUT2D eigenvalue weighted by molar-refractivity contribution is 5.79. The fourth-order valence-electron chi connectivity index (χ4n) is 3.12. The Balaban J connectivity index is 1.50. The van der Waals surface area contributed by atoms with E-state index in [0.717, 1.165) is 43.8 Å². The van der Waals surface area contributed by atoms with Gasteiger partial charge in [-0.2, -0.15) is 0 Å². The zero-order chi connectivity index (χ0) is 18.4. The van der Waals surface area contributed by atoms with E-state index in [9.17, 15) is 0 Å². The first-order valence-corrected chi connectivity index (χ1v) is 9.80. The lowest BCUT2D eigenvalue weighted by molar-refractivity contribution is 0.172. The second-order valence-electron chi connectivity index (χ2n) is 7.89. The molecule has 144 valence electrons. The molecule has 2 aliphatic carbocycles. The van der Waals surface area contributed by atoms with Gasteiger partial charge in [0.05, 0.1) is 6.61 Å². The topological polar surface area (TPSA) is 54.9 Å². The maximum Gasteiger partial charge on any atom is 0.191 e. The first-order valence-electron chi connectivity index (χ1n) is 9.80. The van der Waals surface area contributed by atoms with Gasteiger partial charge >= 0.3 is 0 Å². The van der Waals surface area contributed by atoms with Crippen LogP contribution >= 0.6 is 0 Å². The summed E-state index contributed by atoms with van der Waals surface area (Å²) in [7, 11) is 3.60. The number of ether oxygens (including phenoxy) is 2. The van der Waals surface area contributed by atoms with Crippen molar-refractivity contribution in [2.75, 3.05) is 33.9 Å². The Labute approximate surface area is 157 Å². The van der Waals surface area contributed by atoms with E-state index in [2.05, 4.69) is 40.7 Å². The summed E-state index contributed by atoms with van der Waals surface area (Å²) in [5.41, 5.74) is 2.81. The van der Waals surface area contributed by atoms with E-state index in [0.29, 0.717) is 12.0 Å². The first-order chi connectivity index (χ1) is 12.6. The molecule has 0 amide bonds. The van der Waals surface area contributed by atoms with Gasteiger partial charge < -0.3 is 20.1 Å². The van der Waals surface area contributed by atoms with Gasteiger partial charge in [-0.15, -0.1) is 0 Å². The number of nitrogens with one attached hydrogen (secondary N) is 2. The van der Waals surface area contributed by atoms with Crippen LogP contribution in [0.5, 0.6) is 5.75 Å². The van der Waals surface area contributed by atoms with Gasteiger partial charge in [0.1, 0.15) is 5.75 Å². The lowest BCUT2D eigenvalue weighted by atomic mass is 10.0. The number of rotatable bonds is 10. The second kappa shape index (κ2) is 8.76. The van der Waals surface area contributed by atoms with Crippen LogP contribution in [0.15, 0.2) is 23.2 Å². The lowest BCUT2D eigenvalue weighted by Crippen LogP contribution is -2.40. The monoisotopic (exact) mass is 359 g/mol. The SMILES string of the molecule is CN=C(NCc1ccc(C)cc1OCC1CC1)NCC1(CCOC)CC1. The van der Waals surface area contributed by atoms with Gasteiger partial charge in [-0.1, -0.05) is 12.1 Å². The molecule has 0 bridgehead atoms. The normalized spacial score (nSPS) is 18.5. The van der Waals surface area contributed by atoms with Crippen molar-refractivity contribution in [3.05, 3.63) is 29.3 Å². The zero-order valence-corrected chi connectivity index (χ0v) is 16.4. The molecule has 0 aliphatic heterocycles. The van der Waals surface area contributed by atoms with E-state index in [1.807, 2.05) is 7.05 Å². The Morgan fingerprint density at radius 1 is 1.27 bits per heavy atom. The van der Waals surface area contributed by atoms with E-state index >= 15 is 0 Å². The number of guanidine groups is 1. The van der Waals surface area contributed by atoms with Crippen LogP contribution in [0.4, 0.5) is 0 Å². The standard InChI is InChI=1S/C21H33N3O2/c1-16-4-7-18(19(12-16)26-14-17-5-6-17)13-23-20(22-2)24-15-21(8-9-21)10-11-25-3/h4,7,12,17H,5-6,8-11,13-15H2,1-3H3,(H2,22,23,24). The van der Waals surface area contributed by atoms with E-state index in [-0.39, 0.29) is 0 Å². The number of nitrogens with zero attached hydrogens (tertiary/aromatic N) is 1. The summed E-state index contributed by atoms with van der Waals surface area (Å²) in [5, 5.41) is 6.92. The van der Waals surface area contributed by atoms with Crippen LogP contribution < -0.4 is 15.4 Å². The minimum atomic E-state index is 0.399. The molecule has 0 aromatic heterocycles. The van der Waals surface area contributed by atoms with Crippen molar-refractivity contribution >= 4 is 5.96 Å². The maximum atomic E-state index is 6.06. The fourth-order valence-corrected chi connectivity index (χ4v) is 3.12. The molecule has 2 N–H and O–H groups in total. The van der Waals surface area contributed by atoms with E-state index in [1.54, 1.807) is 7.11 Å². The Morgan fingerprint density at radius 3 is 2.73 bits per heavy atom. The Kier molecular flexibility index (Phi) is 6.41. The van der Waals surface area contributed by atoms with Gasteiger partial charge in [0, 0.05) is 39.4 Å². The third-order valence-corrected chi connectivity index (χ3v) is 5.49. The molecule has 0 atom stereocenters. The molecule has 0 unspecified atom stereocenters. The largest absolute Gasteiger partial charge is 0.493 e. The highest BCUT2D eigenvalue weighted by Crippen LogP contribution is 2.48. The predicted octanol–water partition coefficient (Wildman–Crippen LogP) is 3.27. The number of hydrogen-bond donors (Lipinski definition) is 2. The molecule has 2 saturated carbocycles. The van der Waals surface area contributed by atoms with Crippen molar-refractivity contribution in [1.29, 1.82) is 0 Å². The smallest absolute Gasteiger partial charge is 0.191 e. The number of aliphatic imine (C=N–C) groups is 1. The third-order valence-electron chi connectivity index (χ3n) is 5.49. The van der Waals surface area contributed by atoms with E-state index in [1.165, 1.54) is 36.8 Å². The molecular weight excluding hydrogens is 326 g/mol. The molecule has 2 aliphatic rings. The number of benzene rings is 1. The second-order valence-corrected chi connectivity index (χ2v) is 7.89. The van der Waals surface area contributed by atoms with Crippen LogP contribution in [0.25, 0.3) is 0 Å². The summed E-state index contributed by atoms with van der Waals surface area (Å²) in [6.07, 6.45) is 6.28. The molecule has 0 heterocycles. The predicted molar refractivity (Wildman–Crippen MR) is 106 cm³/mol. The average Bonchev–Trinajstić information content (AvgIpc) is 3.56. The Morgan fingerprint density at radius 2 is 2.08 bits per heavy atom. The molecule has 1 aromatic rings. The van der Waals surface area contributed by atoms with Crippen LogP contribution in [0.3, 0.4) is 0 Å². The summed E-state index contributed by atoms with van der Waals surface area (Å²) in [4.78, 5) is 4.37. The maximum absolute atomic E-state index is 6.06. The highest BCUT2D eigenvalue weighted by Gasteiger charge is 2.41. The quantitative estimate of drug-likeness (QED) is 0.497. The molecule has 2 fully saturated rings. The molecular formula is C21H33N3O2. The van der Waals surface area contributed by atoms with Crippen LogP contribution in [-0.4, -0.2) is 39.9 Å². The zero-order valence-electron chi connectivity index (χ0n) is 16.4. The van der Waals surface area contributed by atoms with Crippen molar-refractivity contribution in [3.8, 4) is 5.75 Å². The van der Waals surface area contributed by atoms with Gasteiger partial charge in [-0.25, -0.2) is 0 Å². The van der Waals surface area contributed by atoms with Gasteiger partial charge in [-0.3, -0.25) is 4.99 Å². The summed E-state index contributed by atoms with van der Waals surface area (Å²) in [5.74, 6) is 2.61. The summed E-state index contributed by atoms with van der Waals surface area (Å²) in [6, 6.07) is 6.43. The fraction of sp³-hybridized carbons (Fsp3) is 0.667. The third kappa shape index (κ3) is 5.63. The van der Waals surface area contributed by atoms with Gasteiger partial charge in [-0.05, 0) is 62.0 Å². The minimum absolute atomic E-state index is 0.399. The molecule has 0 spiro atoms. The number of hydrogen-bond acceptors (Lipinski definition) is 3. The number of methoxy groups -OCH3 is 1. The van der Waals surface area contributed by atoms with Crippen molar-refractivity contribution in [3.63, 3.8) is 0 Å². The molecule has 1 aromatic carbocycles. The molecule has 3 rings (SSSR count). The van der Waals surface area contributed by atoms with Crippen molar-refractivity contribution in [1.82, 2.24) is 10.6 Å².